The number of carboxylic acids is 1. The molecule has 1 unspecified atom stereocenters. The number of furan rings is 1. The summed E-state index contributed by atoms with van der Waals surface area (Å²) >= 11 is 1.37. The van der Waals surface area contributed by atoms with Gasteiger partial charge in [-0.1, -0.05) is 0 Å². The number of hydrogen-bond acceptors (Lipinski definition) is 6. The van der Waals surface area contributed by atoms with Crippen molar-refractivity contribution in [3.8, 4) is 10.8 Å². The first-order chi connectivity index (χ1) is 10.6. The van der Waals surface area contributed by atoms with Crippen molar-refractivity contribution in [2.45, 2.75) is 13.0 Å². The van der Waals surface area contributed by atoms with Crippen LogP contribution in [0.15, 0.2) is 22.8 Å². The number of hydrogen-bond donors (Lipinski definition) is 1. The second-order valence-corrected chi connectivity index (χ2v) is 6.05. The summed E-state index contributed by atoms with van der Waals surface area (Å²) in [4.78, 5) is 30.1. The summed E-state index contributed by atoms with van der Waals surface area (Å²) in [5.41, 5.74) is 0.336. The van der Waals surface area contributed by atoms with Crippen molar-refractivity contribution >= 4 is 23.2 Å². The third-order valence-corrected chi connectivity index (χ3v) is 4.35. The Labute approximate surface area is 130 Å². The normalized spacial score (nSPS) is 18.4. The average molecular weight is 322 g/mol. The van der Waals surface area contributed by atoms with Crippen LogP contribution in [0, 0.1) is 6.92 Å². The van der Waals surface area contributed by atoms with Gasteiger partial charge in [-0.2, -0.15) is 0 Å². The predicted octanol–water partition coefficient (Wildman–Crippen LogP) is 1.64. The lowest BCUT2D eigenvalue weighted by atomic mass is 10.2. The van der Waals surface area contributed by atoms with Crippen LogP contribution in [0.4, 0.5) is 0 Å². The Hall–Kier alpha value is -2.19. The van der Waals surface area contributed by atoms with Crippen LogP contribution in [-0.2, 0) is 9.53 Å². The molecule has 1 aliphatic rings. The number of nitrogens with zero attached hydrogens (tertiary/aromatic N) is 2. The zero-order valence-electron chi connectivity index (χ0n) is 11.8. The van der Waals surface area contributed by atoms with Crippen molar-refractivity contribution in [3.63, 3.8) is 0 Å². The zero-order valence-corrected chi connectivity index (χ0v) is 12.6. The molecule has 0 aliphatic carbocycles. The Morgan fingerprint density at radius 1 is 1.50 bits per heavy atom. The van der Waals surface area contributed by atoms with Gasteiger partial charge in [0.1, 0.15) is 5.69 Å². The molecule has 116 valence electrons. The molecule has 7 nitrogen and oxygen atoms in total. The van der Waals surface area contributed by atoms with Crippen molar-refractivity contribution in [3.05, 3.63) is 29.0 Å². The van der Waals surface area contributed by atoms with Crippen molar-refractivity contribution in [1.82, 2.24) is 9.88 Å². The van der Waals surface area contributed by atoms with Gasteiger partial charge in [-0.15, -0.1) is 11.3 Å². The minimum atomic E-state index is -1.07. The monoisotopic (exact) mass is 322 g/mol. The van der Waals surface area contributed by atoms with Crippen LogP contribution in [0.2, 0.25) is 0 Å². The molecule has 1 fully saturated rings. The van der Waals surface area contributed by atoms with Crippen LogP contribution >= 0.6 is 11.3 Å². The molecule has 0 saturated carbocycles. The van der Waals surface area contributed by atoms with E-state index in [1.54, 1.807) is 18.4 Å². The van der Waals surface area contributed by atoms with E-state index in [1.807, 2.05) is 6.92 Å². The number of aromatic nitrogens is 1. The maximum atomic E-state index is 12.6. The SMILES string of the molecule is Cc1sc(-c2ccco2)nc1C(=O)N1CCOC(C(=O)O)C1. The van der Waals surface area contributed by atoms with Gasteiger partial charge < -0.3 is 19.2 Å². The number of carboxylic acid groups (broad SMARTS) is 1. The summed E-state index contributed by atoms with van der Waals surface area (Å²) in [5.74, 6) is -0.734. The predicted molar refractivity (Wildman–Crippen MR) is 77.8 cm³/mol. The smallest absolute Gasteiger partial charge is 0.334 e. The van der Waals surface area contributed by atoms with Crippen molar-refractivity contribution < 1.29 is 23.8 Å². The van der Waals surface area contributed by atoms with Gasteiger partial charge in [-0.05, 0) is 19.1 Å². The standard InChI is InChI=1S/C14H14N2O5S/c1-8-11(15-12(22-8)9-3-2-5-20-9)13(17)16-4-6-21-10(7-16)14(18)19/h2-3,5,10H,4,6-7H2,1H3,(H,18,19). The molecule has 2 aromatic rings. The highest BCUT2D eigenvalue weighted by molar-refractivity contribution is 7.15. The van der Waals surface area contributed by atoms with Gasteiger partial charge in [0.05, 0.1) is 19.4 Å². The summed E-state index contributed by atoms with van der Waals surface area (Å²) in [6.45, 7) is 2.40. The van der Waals surface area contributed by atoms with E-state index >= 15 is 0 Å². The molecule has 0 bridgehead atoms. The molecular weight excluding hydrogens is 308 g/mol. The lowest BCUT2D eigenvalue weighted by Gasteiger charge is -2.30. The first kappa shape index (κ1) is 14.7. The number of carbonyl (C=O) groups excluding carboxylic acids is 1. The summed E-state index contributed by atoms with van der Waals surface area (Å²) in [6, 6.07) is 3.54. The highest BCUT2D eigenvalue weighted by Crippen LogP contribution is 2.28. The number of ether oxygens (including phenoxy) is 1. The van der Waals surface area contributed by atoms with E-state index in [-0.39, 0.29) is 19.1 Å². The van der Waals surface area contributed by atoms with Crippen LogP contribution in [0.25, 0.3) is 10.8 Å². The molecule has 3 rings (SSSR count). The highest BCUT2D eigenvalue weighted by atomic mass is 32.1. The van der Waals surface area contributed by atoms with Gasteiger partial charge in [0, 0.05) is 11.4 Å². The zero-order chi connectivity index (χ0) is 15.7. The van der Waals surface area contributed by atoms with Gasteiger partial charge in [0.15, 0.2) is 16.9 Å². The Balaban J connectivity index is 1.82. The lowest BCUT2D eigenvalue weighted by Crippen LogP contribution is -2.48. The van der Waals surface area contributed by atoms with Crippen LogP contribution in [-0.4, -0.2) is 52.7 Å². The second kappa shape index (κ2) is 5.90. The molecule has 1 saturated heterocycles. The van der Waals surface area contributed by atoms with Gasteiger partial charge in [0.2, 0.25) is 0 Å². The van der Waals surface area contributed by atoms with Crippen LogP contribution in [0.3, 0.4) is 0 Å². The van der Waals surface area contributed by atoms with Gasteiger partial charge in [0.25, 0.3) is 5.91 Å². The summed E-state index contributed by atoms with van der Waals surface area (Å²) < 4.78 is 10.4. The average Bonchev–Trinajstić information content (AvgIpc) is 3.16. The van der Waals surface area contributed by atoms with Gasteiger partial charge >= 0.3 is 5.97 Å². The molecule has 1 amide bonds. The van der Waals surface area contributed by atoms with E-state index in [4.69, 9.17) is 14.3 Å². The molecule has 1 atom stereocenters. The molecule has 2 aromatic heterocycles. The molecule has 8 heteroatoms. The third-order valence-electron chi connectivity index (χ3n) is 3.36. The molecular formula is C14H14N2O5S. The van der Waals surface area contributed by atoms with E-state index in [9.17, 15) is 9.59 Å². The number of morpholine rings is 1. The van der Waals surface area contributed by atoms with Crippen LogP contribution in [0.5, 0.6) is 0 Å². The maximum Gasteiger partial charge on any atom is 0.334 e. The fourth-order valence-electron chi connectivity index (χ4n) is 2.23. The Bertz CT molecular complexity index is 694. The Kier molecular flexibility index (Phi) is 3.95. The lowest BCUT2D eigenvalue weighted by molar-refractivity contribution is -0.154. The summed E-state index contributed by atoms with van der Waals surface area (Å²) in [5, 5.41) is 9.64. The largest absolute Gasteiger partial charge is 0.479 e. The quantitative estimate of drug-likeness (QED) is 0.923. The van der Waals surface area contributed by atoms with Crippen LogP contribution < -0.4 is 0 Å². The van der Waals surface area contributed by atoms with Gasteiger partial charge in [-0.3, -0.25) is 4.79 Å². The molecule has 0 aromatic carbocycles. The number of carbonyl (C=O) groups is 2. The first-order valence-electron chi connectivity index (χ1n) is 6.71. The Morgan fingerprint density at radius 2 is 2.32 bits per heavy atom. The van der Waals surface area contributed by atoms with E-state index < -0.39 is 12.1 Å². The van der Waals surface area contributed by atoms with Crippen molar-refractivity contribution in [2.75, 3.05) is 19.7 Å². The van der Waals surface area contributed by atoms with E-state index in [1.165, 1.54) is 16.2 Å². The maximum absolute atomic E-state index is 12.6. The van der Waals surface area contributed by atoms with Crippen LogP contribution in [0.1, 0.15) is 15.4 Å². The Morgan fingerprint density at radius 3 is 3.00 bits per heavy atom. The summed E-state index contributed by atoms with van der Waals surface area (Å²) in [6.07, 6.45) is 0.564. The number of amides is 1. The summed E-state index contributed by atoms with van der Waals surface area (Å²) in [7, 11) is 0. The number of aryl methyl sites for hydroxylation is 1. The topological polar surface area (TPSA) is 92.9 Å². The van der Waals surface area contributed by atoms with Crippen molar-refractivity contribution in [2.24, 2.45) is 0 Å². The second-order valence-electron chi connectivity index (χ2n) is 4.85. The van der Waals surface area contributed by atoms with E-state index in [0.29, 0.717) is 23.0 Å². The molecule has 1 N–H and O–H groups in total. The molecule has 3 heterocycles. The van der Waals surface area contributed by atoms with Gasteiger partial charge in [-0.25, -0.2) is 9.78 Å². The third kappa shape index (κ3) is 2.75. The number of rotatable bonds is 3. The molecule has 1 aliphatic heterocycles. The molecule has 0 spiro atoms. The fraction of sp³-hybridized carbons (Fsp3) is 0.357. The number of aliphatic carboxylic acids is 1. The highest BCUT2D eigenvalue weighted by Gasteiger charge is 2.31. The van der Waals surface area contributed by atoms with Crippen molar-refractivity contribution in [1.29, 1.82) is 0 Å². The number of thiazole rings is 1. The van der Waals surface area contributed by atoms with E-state index in [0.717, 1.165) is 4.88 Å². The fourth-order valence-corrected chi connectivity index (χ4v) is 3.11. The minimum absolute atomic E-state index is 0.0290. The molecule has 22 heavy (non-hydrogen) atoms. The first-order valence-corrected chi connectivity index (χ1v) is 7.53. The molecule has 0 radical (unpaired) electrons. The van der Waals surface area contributed by atoms with E-state index in [2.05, 4.69) is 4.98 Å². The minimum Gasteiger partial charge on any atom is -0.479 e.